The number of hydrogen-bond acceptors (Lipinski definition) is 3. The number of carbonyl (C=O) groups excluding carboxylic acids is 1. The van der Waals surface area contributed by atoms with E-state index in [1.54, 1.807) is 7.11 Å². The van der Waals surface area contributed by atoms with Gasteiger partial charge in [0.25, 0.3) is 0 Å². The Morgan fingerprint density at radius 1 is 1.50 bits per heavy atom. The van der Waals surface area contributed by atoms with Crippen LogP contribution in [0.25, 0.3) is 0 Å². The third-order valence-corrected chi connectivity index (χ3v) is 5.22. The van der Waals surface area contributed by atoms with Crippen molar-refractivity contribution < 1.29 is 9.53 Å². The summed E-state index contributed by atoms with van der Waals surface area (Å²) in [7, 11) is 1.73. The number of rotatable bonds is 5. The van der Waals surface area contributed by atoms with Gasteiger partial charge in [0.1, 0.15) is 0 Å². The van der Waals surface area contributed by atoms with Crippen LogP contribution >= 0.6 is 0 Å². The Balaban J connectivity index is 1.97. The predicted molar refractivity (Wildman–Crippen MR) is 80.6 cm³/mol. The Morgan fingerprint density at radius 2 is 2.25 bits per heavy atom. The fourth-order valence-corrected chi connectivity index (χ4v) is 3.93. The summed E-state index contributed by atoms with van der Waals surface area (Å²) < 4.78 is 5.46. The molecule has 0 aromatic carbocycles. The summed E-state index contributed by atoms with van der Waals surface area (Å²) in [4.78, 5) is 12.8. The van der Waals surface area contributed by atoms with Crippen LogP contribution in [0.4, 0.5) is 0 Å². The molecule has 116 valence electrons. The van der Waals surface area contributed by atoms with Crippen LogP contribution in [0, 0.1) is 11.3 Å². The van der Waals surface area contributed by atoms with E-state index in [9.17, 15) is 4.79 Å². The van der Waals surface area contributed by atoms with Gasteiger partial charge in [-0.05, 0) is 52.5 Å². The molecule has 0 aromatic rings. The molecule has 1 aliphatic carbocycles. The molecule has 1 heterocycles. The van der Waals surface area contributed by atoms with Crippen LogP contribution in [0.15, 0.2) is 0 Å². The largest absolute Gasteiger partial charge is 0.379 e. The molecular formula is C16H30N2O2. The molecule has 0 spiro atoms. The van der Waals surface area contributed by atoms with Crippen LogP contribution in [0.5, 0.6) is 0 Å². The second-order valence-corrected chi connectivity index (χ2v) is 7.27. The Hall–Kier alpha value is -0.610. The van der Waals surface area contributed by atoms with Crippen LogP contribution in [0.1, 0.15) is 52.9 Å². The van der Waals surface area contributed by atoms with Gasteiger partial charge in [-0.1, -0.05) is 12.8 Å². The molecule has 2 aliphatic rings. The minimum absolute atomic E-state index is 0.148. The van der Waals surface area contributed by atoms with Crippen molar-refractivity contribution >= 4 is 5.91 Å². The lowest BCUT2D eigenvalue weighted by molar-refractivity contribution is -0.135. The fourth-order valence-electron chi connectivity index (χ4n) is 3.93. The van der Waals surface area contributed by atoms with E-state index < -0.39 is 0 Å². The first kappa shape index (κ1) is 15.8. The number of carbonyl (C=O) groups is 1. The number of nitrogens with one attached hydrogen (secondary N) is 2. The highest BCUT2D eigenvalue weighted by atomic mass is 16.5. The van der Waals surface area contributed by atoms with E-state index in [4.69, 9.17) is 4.74 Å². The molecule has 3 atom stereocenters. The monoisotopic (exact) mass is 282 g/mol. The van der Waals surface area contributed by atoms with Gasteiger partial charge in [0, 0.05) is 19.7 Å². The van der Waals surface area contributed by atoms with E-state index >= 15 is 0 Å². The molecule has 20 heavy (non-hydrogen) atoms. The minimum Gasteiger partial charge on any atom is -0.379 e. The number of methoxy groups -OCH3 is 1. The predicted octanol–water partition coefficient (Wildman–Crippen LogP) is 2.09. The second-order valence-electron chi connectivity index (χ2n) is 7.27. The quantitative estimate of drug-likeness (QED) is 0.812. The van der Waals surface area contributed by atoms with Crippen LogP contribution in [-0.4, -0.2) is 37.7 Å². The van der Waals surface area contributed by atoms with Crippen molar-refractivity contribution in [3.63, 3.8) is 0 Å². The maximum atomic E-state index is 12.8. The van der Waals surface area contributed by atoms with E-state index in [-0.39, 0.29) is 23.0 Å². The topological polar surface area (TPSA) is 50.4 Å². The van der Waals surface area contributed by atoms with E-state index in [2.05, 4.69) is 31.4 Å². The number of hydrogen-bond donors (Lipinski definition) is 2. The highest BCUT2D eigenvalue weighted by Gasteiger charge is 2.50. The molecule has 4 heteroatoms. The lowest BCUT2D eigenvalue weighted by Crippen LogP contribution is -2.51. The standard InChI is InChI=1S/C16H30N2O2/c1-12(9-15(2,3)20-4)18-14(19)16-8-6-5-7-13(16)10-17-11-16/h12-13,17H,5-11H2,1-4H3,(H,18,19)/t12?,13-,16+/m0/s1. The van der Waals surface area contributed by atoms with Crippen LogP contribution < -0.4 is 10.6 Å². The van der Waals surface area contributed by atoms with Crippen LogP contribution in [-0.2, 0) is 9.53 Å². The first-order chi connectivity index (χ1) is 9.39. The molecule has 0 radical (unpaired) electrons. The summed E-state index contributed by atoms with van der Waals surface area (Å²) in [5.74, 6) is 0.783. The zero-order chi connectivity index (χ0) is 14.8. The molecule has 1 saturated carbocycles. The van der Waals surface area contributed by atoms with E-state index in [1.807, 2.05) is 0 Å². The summed E-state index contributed by atoms with van der Waals surface area (Å²) >= 11 is 0. The highest BCUT2D eigenvalue weighted by Crippen LogP contribution is 2.44. The summed E-state index contributed by atoms with van der Waals surface area (Å²) in [6.45, 7) is 8.06. The molecule has 0 bridgehead atoms. The van der Waals surface area contributed by atoms with Gasteiger partial charge in [-0.25, -0.2) is 0 Å². The van der Waals surface area contributed by atoms with Gasteiger partial charge in [0.2, 0.25) is 5.91 Å². The van der Waals surface area contributed by atoms with Gasteiger partial charge < -0.3 is 15.4 Å². The zero-order valence-corrected chi connectivity index (χ0v) is 13.4. The van der Waals surface area contributed by atoms with E-state index in [0.717, 1.165) is 25.9 Å². The molecule has 2 N–H and O–H groups in total. The molecule has 1 saturated heterocycles. The fraction of sp³-hybridized carbons (Fsp3) is 0.938. The van der Waals surface area contributed by atoms with Crippen molar-refractivity contribution in [1.82, 2.24) is 10.6 Å². The van der Waals surface area contributed by atoms with Crippen LogP contribution in [0.2, 0.25) is 0 Å². The van der Waals surface area contributed by atoms with Gasteiger partial charge in [-0.2, -0.15) is 0 Å². The smallest absolute Gasteiger partial charge is 0.228 e. The Kier molecular flexibility index (Phi) is 4.75. The number of ether oxygens (including phenoxy) is 1. The van der Waals surface area contributed by atoms with Gasteiger partial charge in [0.05, 0.1) is 11.0 Å². The second kappa shape index (κ2) is 6.02. The first-order valence-electron chi connectivity index (χ1n) is 7.96. The zero-order valence-electron chi connectivity index (χ0n) is 13.4. The highest BCUT2D eigenvalue weighted by molar-refractivity contribution is 5.84. The van der Waals surface area contributed by atoms with E-state index in [1.165, 1.54) is 19.3 Å². The SMILES string of the molecule is COC(C)(C)CC(C)NC(=O)[C@@]12CCCC[C@H]1CNC2. The molecule has 1 aliphatic heterocycles. The van der Waals surface area contributed by atoms with Crippen molar-refractivity contribution in [2.24, 2.45) is 11.3 Å². The molecule has 2 fully saturated rings. The summed E-state index contributed by atoms with van der Waals surface area (Å²) in [5.41, 5.74) is -0.339. The lowest BCUT2D eigenvalue weighted by atomic mass is 9.67. The average molecular weight is 282 g/mol. The maximum absolute atomic E-state index is 12.8. The third-order valence-electron chi connectivity index (χ3n) is 5.22. The van der Waals surface area contributed by atoms with Gasteiger partial charge in [0.15, 0.2) is 0 Å². The Labute approximate surface area is 123 Å². The van der Waals surface area contributed by atoms with Crippen molar-refractivity contribution in [2.75, 3.05) is 20.2 Å². The summed E-state index contributed by atoms with van der Waals surface area (Å²) in [6.07, 6.45) is 5.52. The molecule has 2 rings (SSSR count). The van der Waals surface area contributed by atoms with Crippen LogP contribution in [0.3, 0.4) is 0 Å². The first-order valence-corrected chi connectivity index (χ1v) is 7.96. The van der Waals surface area contributed by atoms with Crippen molar-refractivity contribution in [3.05, 3.63) is 0 Å². The van der Waals surface area contributed by atoms with Gasteiger partial charge in [-0.3, -0.25) is 4.79 Å². The molecule has 4 nitrogen and oxygen atoms in total. The number of fused-ring (bicyclic) bond motifs is 1. The Bertz CT molecular complexity index is 356. The molecule has 1 unspecified atom stereocenters. The molecule has 0 aromatic heterocycles. The van der Waals surface area contributed by atoms with Crippen molar-refractivity contribution in [3.8, 4) is 0 Å². The van der Waals surface area contributed by atoms with Gasteiger partial charge in [-0.15, -0.1) is 0 Å². The molecule has 1 amide bonds. The number of amides is 1. The summed E-state index contributed by atoms with van der Waals surface area (Å²) in [6, 6.07) is 0.148. The average Bonchev–Trinajstić information content (AvgIpc) is 2.83. The normalized spacial score (nSPS) is 31.7. The van der Waals surface area contributed by atoms with Crippen molar-refractivity contribution in [2.45, 2.75) is 64.5 Å². The Morgan fingerprint density at radius 3 is 2.95 bits per heavy atom. The van der Waals surface area contributed by atoms with Crippen molar-refractivity contribution in [1.29, 1.82) is 0 Å². The minimum atomic E-state index is -0.190. The third kappa shape index (κ3) is 3.17. The lowest BCUT2D eigenvalue weighted by Gasteiger charge is -2.38. The van der Waals surface area contributed by atoms with Gasteiger partial charge >= 0.3 is 0 Å². The van der Waals surface area contributed by atoms with E-state index in [0.29, 0.717) is 5.92 Å². The maximum Gasteiger partial charge on any atom is 0.228 e. The summed E-state index contributed by atoms with van der Waals surface area (Å²) in [5, 5.41) is 6.68. The molecular weight excluding hydrogens is 252 g/mol.